The zero-order chi connectivity index (χ0) is 22.5. The van der Waals surface area contributed by atoms with Gasteiger partial charge < -0.3 is 9.84 Å². The van der Waals surface area contributed by atoms with Crippen LogP contribution in [-0.4, -0.2) is 13.0 Å². The van der Waals surface area contributed by atoms with E-state index in [0.29, 0.717) is 11.5 Å². The minimum Gasteiger partial charge on any atom is -0.872 e. The van der Waals surface area contributed by atoms with Crippen molar-refractivity contribution in [1.29, 1.82) is 0 Å². The van der Waals surface area contributed by atoms with E-state index < -0.39 is 10.1 Å². The molecular weight excluding hydrogens is 451 g/mol. The standard InChI is InChI=1S/C25H36O5S.K/c1-2-3-4-5-6-7-8-9-10-11-12-14-21-17-18-24(31(27,28)29)20-25(21)30-23-16-13-15-22(26)19-23;/h13,15-20,26H,2-12,14H2,1H3,(H,27,28,29);/q;+1/p-1. The van der Waals surface area contributed by atoms with Crippen molar-refractivity contribution < 1.29 is 74.2 Å². The summed E-state index contributed by atoms with van der Waals surface area (Å²) in [6.07, 6.45) is 14.5. The van der Waals surface area contributed by atoms with Crippen LogP contribution < -0.4 is 61.2 Å². The van der Waals surface area contributed by atoms with Gasteiger partial charge in [0.2, 0.25) is 0 Å². The minimum absolute atomic E-state index is 0. The molecule has 0 aromatic heterocycles. The number of hydrogen-bond acceptors (Lipinski definition) is 4. The average molecular weight is 487 g/mol. The van der Waals surface area contributed by atoms with Gasteiger partial charge in [-0.25, -0.2) is 0 Å². The van der Waals surface area contributed by atoms with Gasteiger partial charge in [-0.2, -0.15) is 8.42 Å². The van der Waals surface area contributed by atoms with Crippen LogP contribution in [0, 0.1) is 0 Å². The maximum atomic E-state index is 11.6. The number of ether oxygens (including phenoxy) is 1. The summed E-state index contributed by atoms with van der Waals surface area (Å²) in [5.41, 5.74) is 0.861. The fourth-order valence-electron chi connectivity index (χ4n) is 3.64. The van der Waals surface area contributed by atoms with Crippen molar-refractivity contribution in [3.05, 3.63) is 48.0 Å². The molecule has 0 radical (unpaired) electrons. The van der Waals surface area contributed by atoms with E-state index in [1.807, 2.05) is 0 Å². The summed E-state index contributed by atoms with van der Waals surface area (Å²) < 4.78 is 38.2. The Balaban J connectivity index is 0.00000512. The SMILES string of the molecule is CCCCCCCCCCCCCc1ccc(S(=O)(=O)O)cc1Oc1cccc([O-])c1.[K+]. The largest absolute Gasteiger partial charge is 1.00 e. The van der Waals surface area contributed by atoms with Crippen LogP contribution in [0.15, 0.2) is 47.4 Å². The van der Waals surface area contributed by atoms with Crippen molar-refractivity contribution in [2.45, 2.75) is 88.9 Å². The predicted octanol–water partition coefficient (Wildman–Crippen LogP) is 3.66. The molecule has 2 rings (SSSR count). The van der Waals surface area contributed by atoms with Gasteiger partial charge >= 0.3 is 51.4 Å². The van der Waals surface area contributed by atoms with E-state index in [1.54, 1.807) is 18.2 Å². The number of rotatable bonds is 15. The van der Waals surface area contributed by atoms with Crippen LogP contribution in [0.25, 0.3) is 0 Å². The number of aryl methyl sites for hydroxylation is 1. The number of unbranched alkanes of at least 4 members (excludes halogenated alkanes) is 10. The second kappa shape index (κ2) is 16.3. The van der Waals surface area contributed by atoms with Gasteiger partial charge in [-0.3, -0.25) is 4.55 Å². The molecule has 0 atom stereocenters. The van der Waals surface area contributed by atoms with Crippen molar-refractivity contribution in [3.8, 4) is 17.2 Å². The van der Waals surface area contributed by atoms with Crippen LogP contribution in [0.5, 0.6) is 17.2 Å². The van der Waals surface area contributed by atoms with Crippen LogP contribution >= 0.6 is 0 Å². The third-order valence-electron chi connectivity index (χ3n) is 5.42. The Hall–Kier alpha value is -0.414. The van der Waals surface area contributed by atoms with Crippen molar-refractivity contribution in [2.75, 3.05) is 0 Å². The van der Waals surface area contributed by atoms with Gasteiger partial charge in [0.1, 0.15) is 11.5 Å². The van der Waals surface area contributed by atoms with E-state index in [9.17, 15) is 18.1 Å². The first kappa shape index (κ1) is 29.6. The second-order valence-corrected chi connectivity index (χ2v) is 9.53. The zero-order valence-electron chi connectivity index (χ0n) is 19.5. The molecule has 0 aliphatic heterocycles. The first-order valence-corrected chi connectivity index (χ1v) is 12.9. The first-order chi connectivity index (χ1) is 14.9. The van der Waals surface area contributed by atoms with E-state index in [1.165, 1.54) is 82.1 Å². The maximum Gasteiger partial charge on any atom is 1.00 e. The van der Waals surface area contributed by atoms with E-state index in [-0.39, 0.29) is 62.0 Å². The van der Waals surface area contributed by atoms with Gasteiger partial charge in [-0.1, -0.05) is 89.3 Å². The van der Waals surface area contributed by atoms with Crippen LogP contribution in [0.4, 0.5) is 0 Å². The van der Waals surface area contributed by atoms with Crippen molar-refractivity contribution in [2.24, 2.45) is 0 Å². The summed E-state index contributed by atoms with van der Waals surface area (Å²) >= 11 is 0. The molecule has 1 N–H and O–H groups in total. The molecule has 0 aliphatic rings. The maximum absolute atomic E-state index is 11.6. The van der Waals surface area contributed by atoms with E-state index in [4.69, 9.17) is 4.74 Å². The fourth-order valence-corrected chi connectivity index (χ4v) is 4.14. The zero-order valence-corrected chi connectivity index (χ0v) is 23.5. The van der Waals surface area contributed by atoms with E-state index >= 15 is 0 Å². The van der Waals surface area contributed by atoms with Gasteiger partial charge in [0, 0.05) is 6.07 Å². The van der Waals surface area contributed by atoms with Gasteiger partial charge in [-0.15, -0.1) is 5.75 Å². The molecule has 0 aliphatic carbocycles. The Morgan fingerprint density at radius 1 is 0.844 bits per heavy atom. The Kier molecular flexibility index (Phi) is 15.0. The quantitative estimate of drug-likeness (QED) is 0.236. The molecule has 0 spiro atoms. The molecule has 2 aromatic rings. The van der Waals surface area contributed by atoms with Gasteiger partial charge in [0.05, 0.1) is 4.90 Å². The molecule has 172 valence electrons. The van der Waals surface area contributed by atoms with Gasteiger partial charge in [-0.05, 0) is 36.6 Å². The summed E-state index contributed by atoms with van der Waals surface area (Å²) in [7, 11) is -4.33. The molecule has 0 unspecified atom stereocenters. The smallest absolute Gasteiger partial charge is 0.872 e. The van der Waals surface area contributed by atoms with E-state index in [2.05, 4.69) is 6.92 Å². The summed E-state index contributed by atoms with van der Waals surface area (Å²) in [6.45, 7) is 2.24. The molecule has 0 saturated carbocycles. The monoisotopic (exact) mass is 486 g/mol. The van der Waals surface area contributed by atoms with Gasteiger partial charge in [0.15, 0.2) is 0 Å². The molecule has 5 nitrogen and oxygen atoms in total. The summed E-state index contributed by atoms with van der Waals surface area (Å²) in [4.78, 5) is -0.219. The number of benzene rings is 2. The van der Waals surface area contributed by atoms with E-state index in [0.717, 1.165) is 24.8 Å². The van der Waals surface area contributed by atoms with Crippen molar-refractivity contribution >= 4 is 10.1 Å². The Morgan fingerprint density at radius 3 is 2.00 bits per heavy atom. The van der Waals surface area contributed by atoms with Crippen LogP contribution in [0.2, 0.25) is 0 Å². The molecule has 0 fully saturated rings. The first-order valence-electron chi connectivity index (χ1n) is 11.5. The molecule has 32 heavy (non-hydrogen) atoms. The van der Waals surface area contributed by atoms with Crippen molar-refractivity contribution in [3.63, 3.8) is 0 Å². The Bertz CT molecular complexity index is 899. The molecule has 0 heterocycles. The third-order valence-corrected chi connectivity index (χ3v) is 6.27. The minimum atomic E-state index is -4.33. The number of hydrogen-bond donors (Lipinski definition) is 1. The van der Waals surface area contributed by atoms with Crippen molar-refractivity contribution in [1.82, 2.24) is 0 Å². The average Bonchev–Trinajstić information content (AvgIpc) is 2.72. The van der Waals surface area contributed by atoms with Crippen LogP contribution in [0.3, 0.4) is 0 Å². The summed E-state index contributed by atoms with van der Waals surface area (Å²) in [5.74, 6) is 0.517. The van der Waals surface area contributed by atoms with Crippen LogP contribution in [-0.2, 0) is 16.5 Å². The molecule has 0 amide bonds. The molecule has 0 saturated heterocycles. The Morgan fingerprint density at radius 2 is 1.44 bits per heavy atom. The summed E-state index contributed by atoms with van der Waals surface area (Å²) in [6, 6.07) is 10.4. The fraction of sp³-hybridized carbons (Fsp3) is 0.520. The molecule has 2 aromatic carbocycles. The Labute approximate surface area is 236 Å². The second-order valence-electron chi connectivity index (χ2n) is 8.11. The third kappa shape index (κ3) is 11.6. The summed E-state index contributed by atoms with van der Waals surface area (Å²) in [5, 5.41) is 11.6. The topological polar surface area (TPSA) is 86.7 Å². The molecule has 0 bridgehead atoms. The van der Waals surface area contributed by atoms with Crippen LogP contribution in [0.1, 0.15) is 83.1 Å². The van der Waals surface area contributed by atoms with Gasteiger partial charge in [0.25, 0.3) is 10.1 Å². The molecular formula is C25H35KO5S. The predicted molar refractivity (Wildman–Crippen MR) is 122 cm³/mol. The molecule has 7 heteroatoms. The normalized spacial score (nSPS) is 11.2.